The van der Waals surface area contributed by atoms with Gasteiger partial charge in [-0.25, -0.2) is 0 Å². The lowest BCUT2D eigenvalue weighted by Gasteiger charge is -2.31. The minimum Gasteiger partial charge on any atom is -0.300 e. The smallest absolute Gasteiger partial charge is 0.134 e. The maximum Gasteiger partial charge on any atom is 0.134 e. The zero-order valence-electron chi connectivity index (χ0n) is 12.2. The Hall–Kier alpha value is -1.93. The Morgan fingerprint density at radius 3 is 1.90 bits per heavy atom. The van der Waals surface area contributed by atoms with Crippen LogP contribution in [0.25, 0.3) is 0 Å². The number of likely N-dealkylation sites (tertiary alicyclic amines) is 1. The van der Waals surface area contributed by atoms with Gasteiger partial charge in [-0.1, -0.05) is 60.7 Å². The van der Waals surface area contributed by atoms with Crippen molar-refractivity contribution in [2.24, 2.45) is 0 Å². The Labute approximate surface area is 126 Å². The van der Waals surface area contributed by atoms with Crippen molar-refractivity contribution in [2.75, 3.05) is 13.1 Å². The van der Waals surface area contributed by atoms with Crippen molar-refractivity contribution < 1.29 is 4.79 Å². The highest BCUT2D eigenvalue weighted by Gasteiger charge is 2.24. The molecule has 3 rings (SSSR count). The van der Waals surface area contributed by atoms with Crippen LogP contribution < -0.4 is 0 Å². The average molecular weight is 279 g/mol. The molecule has 0 unspecified atom stereocenters. The fraction of sp³-hybridized carbons (Fsp3) is 0.316. The molecule has 0 spiro atoms. The quantitative estimate of drug-likeness (QED) is 0.851. The molecule has 21 heavy (non-hydrogen) atoms. The normalized spacial score (nSPS) is 16.9. The van der Waals surface area contributed by atoms with Crippen LogP contribution in [-0.2, 0) is 4.79 Å². The van der Waals surface area contributed by atoms with Crippen LogP contribution in [0.5, 0.6) is 0 Å². The second-order valence-electron chi connectivity index (χ2n) is 5.65. The van der Waals surface area contributed by atoms with Gasteiger partial charge in [-0.05, 0) is 24.1 Å². The van der Waals surface area contributed by atoms with Gasteiger partial charge in [-0.15, -0.1) is 0 Å². The predicted molar refractivity (Wildman–Crippen MR) is 85.2 cm³/mol. The van der Waals surface area contributed by atoms with Crippen LogP contribution in [0.2, 0.25) is 0 Å². The first kappa shape index (κ1) is 14.0. The third kappa shape index (κ3) is 3.40. The molecule has 1 saturated heterocycles. The second-order valence-corrected chi connectivity index (χ2v) is 5.65. The molecule has 2 nitrogen and oxygen atoms in total. The van der Waals surface area contributed by atoms with Crippen LogP contribution in [0.15, 0.2) is 60.7 Å². The third-order valence-corrected chi connectivity index (χ3v) is 4.17. The number of rotatable bonds is 3. The van der Waals surface area contributed by atoms with Crippen molar-refractivity contribution in [3.05, 3.63) is 71.8 Å². The molecule has 2 heteroatoms. The summed E-state index contributed by atoms with van der Waals surface area (Å²) in [6.45, 7) is 1.84. The van der Waals surface area contributed by atoms with E-state index in [4.69, 9.17) is 0 Å². The molecule has 0 atom stereocenters. The lowest BCUT2D eigenvalue weighted by Crippen LogP contribution is -2.30. The van der Waals surface area contributed by atoms with Gasteiger partial charge >= 0.3 is 0 Å². The van der Waals surface area contributed by atoms with E-state index in [1.165, 1.54) is 11.1 Å². The van der Waals surface area contributed by atoms with E-state index in [9.17, 15) is 4.79 Å². The molecule has 0 aliphatic carbocycles. The summed E-state index contributed by atoms with van der Waals surface area (Å²) in [5.41, 5.74) is 2.61. The van der Waals surface area contributed by atoms with Crippen LogP contribution in [0.3, 0.4) is 0 Å². The summed E-state index contributed by atoms with van der Waals surface area (Å²) in [6, 6.07) is 21.5. The summed E-state index contributed by atoms with van der Waals surface area (Å²) in [5, 5.41) is 0. The van der Waals surface area contributed by atoms with Gasteiger partial charge in [0.1, 0.15) is 5.78 Å². The molecule has 1 fully saturated rings. The maximum absolute atomic E-state index is 11.7. The summed E-state index contributed by atoms with van der Waals surface area (Å²) in [7, 11) is 0. The molecule has 0 N–H and O–H groups in total. The summed E-state index contributed by atoms with van der Waals surface area (Å²) in [6.07, 6.45) is 2.37. The van der Waals surface area contributed by atoms with Crippen molar-refractivity contribution in [1.82, 2.24) is 4.90 Å². The molecule has 2 aromatic carbocycles. The van der Waals surface area contributed by atoms with Crippen LogP contribution in [0.4, 0.5) is 0 Å². The van der Waals surface area contributed by atoms with E-state index in [0.29, 0.717) is 12.2 Å². The number of nitrogens with zero attached hydrogens (tertiary/aromatic N) is 1. The molecule has 2 aromatic rings. The molecule has 0 radical (unpaired) electrons. The van der Waals surface area contributed by atoms with Crippen LogP contribution >= 0.6 is 0 Å². The average Bonchev–Trinajstić information content (AvgIpc) is 2.75. The molecule has 1 aliphatic heterocycles. The van der Waals surface area contributed by atoms with E-state index in [0.717, 1.165) is 25.9 Å². The van der Waals surface area contributed by atoms with Crippen molar-refractivity contribution in [3.8, 4) is 0 Å². The molecule has 1 heterocycles. The van der Waals surface area contributed by atoms with Gasteiger partial charge in [0.05, 0.1) is 6.04 Å². The van der Waals surface area contributed by atoms with Crippen LogP contribution in [-0.4, -0.2) is 23.8 Å². The first-order valence-corrected chi connectivity index (χ1v) is 7.70. The number of carbonyl (C=O) groups is 1. The van der Waals surface area contributed by atoms with E-state index in [-0.39, 0.29) is 6.04 Å². The zero-order chi connectivity index (χ0) is 14.5. The van der Waals surface area contributed by atoms with E-state index < -0.39 is 0 Å². The molecule has 0 saturated carbocycles. The minimum atomic E-state index is 0.248. The van der Waals surface area contributed by atoms with E-state index >= 15 is 0 Å². The van der Waals surface area contributed by atoms with Gasteiger partial charge in [0.15, 0.2) is 0 Å². The first-order chi connectivity index (χ1) is 10.3. The van der Waals surface area contributed by atoms with Gasteiger partial charge in [0.2, 0.25) is 0 Å². The monoisotopic (exact) mass is 279 g/mol. The fourth-order valence-corrected chi connectivity index (χ4v) is 3.13. The second kappa shape index (κ2) is 6.68. The SMILES string of the molecule is O=C1CCCN(C(c2ccccc2)c2ccccc2)CC1. The van der Waals surface area contributed by atoms with Gasteiger partial charge in [0.25, 0.3) is 0 Å². The van der Waals surface area contributed by atoms with E-state index in [1.54, 1.807) is 0 Å². The van der Waals surface area contributed by atoms with Crippen molar-refractivity contribution in [2.45, 2.75) is 25.3 Å². The Bertz CT molecular complexity index is 540. The van der Waals surface area contributed by atoms with E-state index in [2.05, 4.69) is 65.6 Å². The Kier molecular flexibility index (Phi) is 4.46. The maximum atomic E-state index is 11.7. The first-order valence-electron chi connectivity index (χ1n) is 7.70. The highest BCUT2D eigenvalue weighted by atomic mass is 16.1. The highest BCUT2D eigenvalue weighted by Crippen LogP contribution is 2.30. The minimum absolute atomic E-state index is 0.248. The van der Waals surface area contributed by atoms with E-state index in [1.807, 2.05) is 0 Å². The number of ketones is 1. The summed E-state index contributed by atoms with van der Waals surface area (Å²) in [5.74, 6) is 0.400. The number of hydrogen-bond donors (Lipinski definition) is 0. The number of benzene rings is 2. The van der Waals surface area contributed by atoms with Gasteiger partial charge in [-0.3, -0.25) is 9.69 Å². The Morgan fingerprint density at radius 2 is 1.33 bits per heavy atom. The molecule has 0 amide bonds. The largest absolute Gasteiger partial charge is 0.300 e. The van der Waals surface area contributed by atoms with Crippen molar-refractivity contribution in [3.63, 3.8) is 0 Å². The molecule has 1 aliphatic rings. The molecular formula is C19H21NO. The molecular weight excluding hydrogens is 258 g/mol. The topological polar surface area (TPSA) is 20.3 Å². The lowest BCUT2D eigenvalue weighted by atomic mass is 9.97. The van der Waals surface area contributed by atoms with Gasteiger partial charge in [-0.2, -0.15) is 0 Å². The lowest BCUT2D eigenvalue weighted by molar-refractivity contribution is -0.118. The highest BCUT2D eigenvalue weighted by molar-refractivity contribution is 5.78. The molecule has 0 bridgehead atoms. The predicted octanol–water partition coefficient (Wildman–Crippen LogP) is 3.83. The molecule has 108 valence electrons. The fourth-order valence-electron chi connectivity index (χ4n) is 3.13. The Morgan fingerprint density at radius 1 is 0.762 bits per heavy atom. The Balaban J connectivity index is 1.94. The standard InChI is InChI=1S/C19H21NO/c21-18-12-7-14-20(15-13-18)19(16-8-3-1-4-9-16)17-10-5-2-6-11-17/h1-6,8-11,19H,7,12-15H2. The summed E-state index contributed by atoms with van der Waals surface area (Å²) in [4.78, 5) is 14.2. The van der Waals surface area contributed by atoms with Gasteiger partial charge in [0, 0.05) is 19.4 Å². The van der Waals surface area contributed by atoms with Crippen molar-refractivity contribution in [1.29, 1.82) is 0 Å². The number of Topliss-reactive ketones (excluding diaryl/α,β-unsaturated/α-hetero) is 1. The molecule has 0 aromatic heterocycles. The number of carbonyl (C=O) groups excluding carboxylic acids is 1. The number of hydrogen-bond acceptors (Lipinski definition) is 2. The van der Waals surface area contributed by atoms with Gasteiger partial charge < -0.3 is 0 Å². The zero-order valence-corrected chi connectivity index (χ0v) is 12.2. The summed E-state index contributed by atoms with van der Waals surface area (Å²) < 4.78 is 0. The summed E-state index contributed by atoms with van der Waals surface area (Å²) >= 11 is 0. The third-order valence-electron chi connectivity index (χ3n) is 4.17. The van der Waals surface area contributed by atoms with Crippen molar-refractivity contribution >= 4 is 5.78 Å². The van der Waals surface area contributed by atoms with Crippen LogP contribution in [0, 0.1) is 0 Å². The van der Waals surface area contributed by atoms with Crippen LogP contribution in [0.1, 0.15) is 36.4 Å².